The molecule has 4 aromatic heterocycles. The molecule has 0 fully saturated rings. The summed E-state index contributed by atoms with van der Waals surface area (Å²) >= 11 is 0. The second-order valence-electron chi connectivity index (χ2n) is 13.5. The van der Waals surface area contributed by atoms with Crippen molar-refractivity contribution >= 4 is 56.5 Å². The van der Waals surface area contributed by atoms with Crippen LogP contribution in [0.5, 0.6) is 0 Å². The molecule has 10 rings (SSSR count). The van der Waals surface area contributed by atoms with E-state index in [1.165, 1.54) is 21.3 Å². The Balaban J connectivity index is 1.19. The second kappa shape index (κ2) is 11.9. The van der Waals surface area contributed by atoms with Gasteiger partial charge in [-0.3, -0.25) is 0 Å². The number of allylic oxidation sites excluding steroid dienone is 1. The molecule has 0 radical (unpaired) electrons. The molecule has 5 aromatic carbocycles. The topological polar surface area (TPSA) is 27.2 Å². The molecular formula is C48H34N4. The van der Waals surface area contributed by atoms with E-state index in [1.54, 1.807) is 0 Å². The van der Waals surface area contributed by atoms with Crippen LogP contribution in [0.2, 0.25) is 0 Å². The van der Waals surface area contributed by atoms with Crippen molar-refractivity contribution < 1.29 is 0 Å². The lowest BCUT2D eigenvalue weighted by Gasteiger charge is -2.16. The normalized spacial score (nSPS) is 12.8. The van der Waals surface area contributed by atoms with Crippen LogP contribution in [-0.2, 0) is 0 Å². The lowest BCUT2D eigenvalue weighted by atomic mass is 10.0. The van der Waals surface area contributed by atoms with E-state index in [4.69, 9.17) is 11.5 Å². The molecule has 52 heavy (non-hydrogen) atoms. The molecule has 9 aromatic rings. The third kappa shape index (κ3) is 4.60. The minimum absolute atomic E-state index is 0.837. The molecule has 0 saturated carbocycles. The van der Waals surface area contributed by atoms with Gasteiger partial charge < -0.3 is 9.13 Å². The zero-order valence-electron chi connectivity index (χ0n) is 28.8. The molecule has 0 spiro atoms. The van der Waals surface area contributed by atoms with Crippen LogP contribution < -0.4 is 10.6 Å². The fraction of sp³-hybridized carbons (Fsp3) is 0.0625. The van der Waals surface area contributed by atoms with Gasteiger partial charge >= 0.3 is 0 Å². The van der Waals surface area contributed by atoms with Gasteiger partial charge in [0.05, 0.1) is 33.1 Å². The minimum atomic E-state index is 0.837. The van der Waals surface area contributed by atoms with Crippen LogP contribution in [0, 0.1) is 12.3 Å². The van der Waals surface area contributed by atoms with E-state index in [-0.39, 0.29) is 0 Å². The second-order valence-corrected chi connectivity index (χ2v) is 13.5. The van der Waals surface area contributed by atoms with Crippen molar-refractivity contribution in [1.29, 1.82) is 0 Å². The Hall–Kier alpha value is -6.83. The number of hydrogen-bond donors (Lipinski definition) is 0. The van der Waals surface area contributed by atoms with Crippen LogP contribution in [0.4, 0.5) is 0 Å². The molecule has 4 heterocycles. The zero-order valence-corrected chi connectivity index (χ0v) is 28.8. The highest BCUT2D eigenvalue weighted by atomic mass is 15.2. The summed E-state index contributed by atoms with van der Waals surface area (Å²) in [5.74, 6) is 3.06. The highest BCUT2D eigenvalue weighted by Gasteiger charge is 2.19. The first kappa shape index (κ1) is 30.0. The molecule has 1 aliphatic carbocycles. The lowest BCUT2D eigenvalue weighted by Crippen LogP contribution is -2.33. The summed E-state index contributed by atoms with van der Waals surface area (Å²) in [5.41, 5.74) is 12.7. The maximum Gasteiger partial charge on any atom is 0.105 e. The maximum atomic E-state index is 6.33. The summed E-state index contributed by atoms with van der Waals surface area (Å²) in [4.78, 5) is 0. The number of benzene rings is 5. The predicted octanol–water partition coefficient (Wildman–Crippen LogP) is 10.1. The van der Waals surface area contributed by atoms with Gasteiger partial charge in [0, 0.05) is 38.7 Å². The number of rotatable bonds is 5. The summed E-state index contributed by atoms with van der Waals surface area (Å²) < 4.78 is 6.71. The molecule has 0 amide bonds. The predicted molar refractivity (Wildman–Crippen MR) is 217 cm³/mol. The maximum absolute atomic E-state index is 6.33. The number of terminal acetylenes is 1. The number of aromatic nitrogens is 4. The van der Waals surface area contributed by atoms with Crippen LogP contribution >= 0.6 is 0 Å². The number of para-hydroxylation sites is 3. The Labute approximate surface area is 301 Å². The van der Waals surface area contributed by atoms with Crippen molar-refractivity contribution in [3.63, 3.8) is 0 Å². The van der Waals surface area contributed by atoms with Crippen molar-refractivity contribution in [1.82, 2.24) is 18.7 Å². The summed E-state index contributed by atoms with van der Waals surface area (Å²) in [6.07, 6.45) is 17.2. The monoisotopic (exact) mass is 666 g/mol. The van der Waals surface area contributed by atoms with E-state index < -0.39 is 0 Å². The lowest BCUT2D eigenvalue weighted by molar-refractivity contribution is 0.904. The van der Waals surface area contributed by atoms with Gasteiger partial charge in [0.2, 0.25) is 0 Å². The van der Waals surface area contributed by atoms with Crippen LogP contribution in [0.25, 0.3) is 90.2 Å². The Bertz CT molecular complexity index is 3030. The van der Waals surface area contributed by atoms with Gasteiger partial charge in [-0.15, -0.1) is 6.42 Å². The molecule has 4 nitrogen and oxygen atoms in total. The average Bonchev–Trinajstić information content (AvgIpc) is 3.89. The molecule has 0 unspecified atom stereocenters. The van der Waals surface area contributed by atoms with E-state index >= 15 is 0 Å². The number of pyridine rings is 1. The minimum Gasteiger partial charge on any atom is -0.309 e. The van der Waals surface area contributed by atoms with Crippen molar-refractivity contribution in [2.75, 3.05) is 0 Å². The van der Waals surface area contributed by atoms with E-state index in [9.17, 15) is 0 Å². The molecular weight excluding hydrogens is 633 g/mol. The molecule has 0 atom stereocenters. The Morgan fingerprint density at radius 3 is 1.92 bits per heavy atom. The largest absolute Gasteiger partial charge is 0.309 e. The molecule has 1 aliphatic rings. The summed E-state index contributed by atoms with van der Waals surface area (Å²) in [7, 11) is 0. The highest BCUT2D eigenvalue weighted by Crippen LogP contribution is 2.37. The number of nitrogens with zero attached hydrogens (tertiary/aromatic N) is 4. The molecule has 246 valence electrons. The van der Waals surface area contributed by atoms with Gasteiger partial charge in [-0.25, -0.2) is 4.52 Å². The van der Waals surface area contributed by atoms with Crippen LogP contribution in [0.15, 0.2) is 140 Å². The van der Waals surface area contributed by atoms with Crippen molar-refractivity contribution in [2.45, 2.75) is 19.8 Å². The first-order chi connectivity index (χ1) is 25.7. The Morgan fingerprint density at radius 1 is 0.615 bits per heavy atom. The zero-order chi connectivity index (χ0) is 34.8. The fourth-order valence-corrected chi connectivity index (χ4v) is 8.13. The molecule has 0 saturated heterocycles. The Kier molecular flexibility index (Phi) is 6.87. The van der Waals surface area contributed by atoms with Crippen LogP contribution in [-0.4, -0.2) is 18.7 Å². The van der Waals surface area contributed by atoms with Gasteiger partial charge in [0.1, 0.15) is 5.69 Å². The van der Waals surface area contributed by atoms with Gasteiger partial charge in [0.25, 0.3) is 0 Å². The Morgan fingerprint density at radius 2 is 1.23 bits per heavy atom. The standard InChI is InChI=1S/C48H34N4/c1-3-13-39-40-15-6-10-19-46(40)50(44(39)4-2)37-28-35(29-38(30-37)51-47-20-11-7-16-41(47)42-17-8-12-21-48(42)51)32-22-24-33(25-23-32)43-31-36-27-26-34-14-5-9-18-45(34)52(36)49-43/h2-3,6-8,10-31H,5,9H2,1H3/b13-3-. The van der Waals surface area contributed by atoms with Crippen molar-refractivity contribution in [3.05, 3.63) is 161 Å². The van der Waals surface area contributed by atoms with Gasteiger partial charge in [0.15, 0.2) is 0 Å². The van der Waals surface area contributed by atoms with Crippen molar-refractivity contribution in [2.24, 2.45) is 0 Å². The first-order valence-corrected chi connectivity index (χ1v) is 17.9. The summed E-state index contributed by atoms with van der Waals surface area (Å²) in [5, 5.41) is 11.1. The van der Waals surface area contributed by atoms with E-state index in [0.717, 1.165) is 85.3 Å². The van der Waals surface area contributed by atoms with Gasteiger partial charge in [-0.2, -0.15) is 5.10 Å². The average molecular weight is 667 g/mol. The SMILES string of the molecule is C#Cc1c(/C=C\C)c2ccccc2n1-c1cc(-c2ccc(-c3cc4ccc5c(n4n3)=CCCC=5)cc2)cc(-n2c3ccccc3c3ccccc32)c1. The van der Waals surface area contributed by atoms with E-state index in [0.29, 0.717) is 0 Å². The van der Waals surface area contributed by atoms with E-state index in [1.807, 2.05) is 6.92 Å². The van der Waals surface area contributed by atoms with Gasteiger partial charge in [-0.1, -0.05) is 115 Å². The molecule has 0 aliphatic heterocycles. The number of fused-ring (bicyclic) bond motifs is 7. The highest BCUT2D eigenvalue weighted by molar-refractivity contribution is 6.09. The van der Waals surface area contributed by atoms with Crippen LogP contribution in [0.3, 0.4) is 0 Å². The number of hydrogen-bond acceptors (Lipinski definition) is 1. The van der Waals surface area contributed by atoms with Crippen LogP contribution in [0.1, 0.15) is 31.0 Å². The molecule has 0 bridgehead atoms. The van der Waals surface area contributed by atoms with Crippen molar-refractivity contribution in [3.8, 4) is 46.1 Å². The molecule has 4 heteroatoms. The first-order valence-electron chi connectivity index (χ1n) is 17.9. The third-order valence-corrected chi connectivity index (χ3v) is 10.5. The summed E-state index contributed by atoms with van der Waals surface area (Å²) in [6.45, 7) is 2.04. The fourth-order valence-electron chi connectivity index (χ4n) is 8.13. The third-order valence-electron chi connectivity index (χ3n) is 10.5. The summed E-state index contributed by atoms with van der Waals surface area (Å²) in [6, 6.07) is 48.0. The van der Waals surface area contributed by atoms with Gasteiger partial charge in [-0.05, 0) is 84.6 Å². The molecule has 0 N–H and O–H groups in total. The smallest absolute Gasteiger partial charge is 0.105 e. The quantitative estimate of drug-likeness (QED) is 0.168. The van der Waals surface area contributed by atoms with E-state index in [2.05, 4.69) is 177 Å².